The molecule has 90 valence electrons. The highest BCUT2D eigenvalue weighted by molar-refractivity contribution is 5.91. The molecule has 0 saturated carbocycles. The first-order valence-electron chi connectivity index (χ1n) is 5.77. The third kappa shape index (κ3) is 2.47. The van der Waals surface area contributed by atoms with Crippen LogP contribution in [0.15, 0.2) is 12.0 Å². The van der Waals surface area contributed by atoms with E-state index in [1.165, 1.54) is 6.26 Å². The Morgan fingerprint density at radius 3 is 2.62 bits per heavy atom. The number of nitrogens with zero attached hydrogens (tertiary/aromatic N) is 2. The predicted octanol–water partition coefficient (Wildman–Crippen LogP) is 0.0387. The molecule has 0 N–H and O–H groups in total. The SMILES string of the molecule is CCN1CCN(C(=O)C2=COCCO2)CC1. The Balaban J connectivity index is 1.88. The average molecular weight is 226 g/mol. The van der Waals surface area contributed by atoms with E-state index in [1.807, 2.05) is 4.90 Å². The Bertz CT molecular complexity index is 283. The van der Waals surface area contributed by atoms with E-state index in [0.29, 0.717) is 19.0 Å². The van der Waals surface area contributed by atoms with Gasteiger partial charge in [0.1, 0.15) is 19.5 Å². The van der Waals surface area contributed by atoms with Gasteiger partial charge in [0.2, 0.25) is 5.76 Å². The van der Waals surface area contributed by atoms with E-state index in [4.69, 9.17) is 9.47 Å². The minimum atomic E-state index is -0.0459. The van der Waals surface area contributed by atoms with Crippen molar-refractivity contribution in [3.63, 3.8) is 0 Å². The molecule has 2 heterocycles. The van der Waals surface area contributed by atoms with Gasteiger partial charge >= 0.3 is 0 Å². The van der Waals surface area contributed by atoms with Crippen LogP contribution in [-0.4, -0.2) is 61.6 Å². The molecule has 5 heteroatoms. The van der Waals surface area contributed by atoms with Gasteiger partial charge in [0.05, 0.1) is 0 Å². The second-order valence-electron chi connectivity index (χ2n) is 3.93. The van der Waals surface area contributed by atoms with E-state index in [0.717, 1.165) is 32.7 Å². The summed E-state index contributed by atoms with van der Waals surface area (Å²) in [5.74, 6) is 0.298. The molecule has 5 nitrogen and oxygen atoms in total. The maximum Gasteiger partial charge on any atom is 0.292 e. The van der Waals surface area contributed by atoms with Crippen LogP contribution in [0.5, 0.6) is 0 Å². The molecule has 2 aliphatic heterocycles. The number of carbonyl (C=O) groups excluding carboxylic acids is 1. The number of rotatable bonds is 2. The van der Waals surface area contributed by atoms with E-state index in [1.54, 1.807) is 0 Å². The largest absolute Gasteiger partial charge is 0.494 e. The van der Waals surface area contributed by atoms with Crippen molar-refractivity contribution >= 4 is 5.91 Å². The van der Waals surface area contributed by atoms with E-state index >= 15 is 0 Å². The zero-order chi connectivity index (χ0) is 11.4. The Morgan fingerprint density at radius 1 is 1.31 bits per heavy atom. The lowest BCUT2D eigenvalue weighted by atomic mass is 10.3. The maximum absolute atomic E-state index is 12.0. The standard InChI is InChI=1S/C11H18N2O3/c1-2-12-3-5-13(6-4-12)11(14)10-9-15-7-8-16-10/h9H,2-8H2,1H3. The van der Waals surface area contributed by atoms with Crippen LogP contribution >= 0.6 is 0 Å². The summed E-state index contributed by atoms with van der Waals surface area (Å²) in [6.45, 7) is 7.60. The van der Waals surface area contributed by atoms with Crippen LogP contribution < -0.4 is 0 Å². The quantitative estimate of drug-likeness (QED) is 0.666. The van der Waals surface area contributed by atoms with E-state index in [-0.39, 0.29) is 5.91 Å². The third-order valence-electron chi connectivity index (χ3n) is 2.97. The molecular weight excluding hydrogens is 208 g/mol. The highest BCUT2D eigenvalue weighted by Gasteiger charge is 2.25. The van der Waals surface area contributed by atoms with Crippen LogP contribution in [0.1, 0.15) is 6.92 Å². The number of piperazine rings is 1. The molecule has 1 fully saturated rings. The molecule has 0 unspecified atom stereocenters. The second kappa shape index (κ2) is 5.21. The molecule has 1 saturated heterocycles. The van der Waals surface area contributed by atoms with Gasteiger partial charge < -0.3 is 19.3 Å². The lowest BCUT2D eigenvalue weighted by Gasteiger charge is -2.34. The highest BCUT2D eigenvalue weighted by atomic mass is 16.6. The van der Waals surface area contributed by atoms with Gasteiger partial charge in [-0.2, -0.15) is 0 Å². The minimum Gasteiger partial charge on any atom is -0.494 e. The third-order valence-corrected chi connectivity index (χ3v) is 2.97. The average Bonchev–Trinajstić information content (AvgIpc) is 2.39. The summed E-state index contributed by atoms with van der Waals surface area (Å²) in [7, 11) is 0. The topological polar surface area (TPSA) is 42.0 Å². The number of hydrogen-bond donors (Lipinski definition) is 0. The van der Waals surface area contributed by atoms with Gasteiger partial charge in [0.25, 0.3) is 5.91 Å². The van der Waals surface area contributed by atoms with Gasteiger partial charge in [-0.25, -0.2) is 0 Å². The van der Waals surface area contributed by atoms with Crippen LogP contribution in [0.3, 0.4) is 0 Å². The summed E-state index contributed by atoms with van der Waals surface area (Å²) in [6, 6.07) is 0. The normalized spacial score (nSPS) is 22.1. The zero-order valence-electron chi connectivity index (χ0n) is 9.65. The maximum atomic E-state index is 12.0. The van der Waals surface area contributed by atoms with Gasteiger partial charge in [-0.3, -0.25) is 4.79 Å². The zero-order valence-corrected chi connectivity index (χ0v) is 9.65. The van der Waals surface area contributed by atoms with Gasteiger partial charge in [0, 0.05) is 26.2 Å². The summed E-state index contributed by atoms with van der Waals surface area (Å²) in [6.07, 6.45) is 1.43. The molecule has 0 aromatic heterocycles. The molecule has 0 aliphatic carbocycles. The van der Waals surface area contributed by atoms with Crippen LogP contribution in [-0.2, 0) is 14.3 Å². The first kappa shape index (κ1) is 11.3. The first-order valence-corrected chi connectivity index (χ1v) is 5.77. The van der Waals surface area contributed by atoms with E-state index in [2.05, 4.69) is 11.8 Å². The van der Waals surface area contributed by atoms with Crippen molar-refractivity contribution in [3.05, 3.63) is 12.0 Å². The Labute approximate surface area is 95.6 Å². The summed E-state index contributed by atoms with van der Waals surface area (Å²) < 4.78 is 10.4. The highest BCUT2D eigenvalue weighted by Crippen LogP contribution is 2.11. The molecule has 0 spiro atoms. The van der Waals surface area contributed by atoms with Crippen LogP contribution in [0.4, 0.5) is 0 Å². The first-order chi connectivity index (χ1) is 7.81. The van der Waals surface area contributed by atoms with Crippen LogP contribution in [0, 0.1) is 0 Å². The van der Waals surface area contributed by atoms with Gasteiger partial charge in [0.15, 0.2) is 0 Å². The van der Waals surface area contributed by atoms with Crippen molar-refractivity contribution in [3.8, 4) is 0 Å². The van der Waals surface area contributed by atoms with Gasteiger partial charge in [-0.15, -0.1) is 0 Å². The van der Waals surface area contributed by atoms with Crippen molar-refractivity contribution in [1.82, 2.24) is 9.80 Å². The molecule has 0 bridgehead atoms. The molecule has 16 heavy (non-hydrogen) atoms. The lowest BCUT2D eigenvalue weighted by molar-refractivity contribution is -0.134. The fraction of sp³-hybridized carbons (Fsp3) is 0.727. The molecular formula is C11H18N2O3. The van der Waals surface area contributed by atoms with Crippen molar-refractivity contribution in [2.75, 3.05) is 45.9 Å². The van der Waals surface area contributed by atoms with Crippen LogP contribution in [0.2, 0.25) is 0 Å². The Hall–Kier alpha value is -1.23. The van der Waals surface area contributed by atoms with Gasteiger partial charge in [-0.05, 0) is 6.54 Å². The number of carbonyl (C=O) groups is 1. The summed E-state index contributed by atoms with van der Waals surface area (Å²) in [5.41, 5.74) is 0. The van der Waals surface area contributed by atoms with Crippen molar-refractivity contribution in [2.45, 2.75) is 6.92 Å². The minimum absolute atomic E-state index is 0.0459. The molecule has 0 aromatic rings. The van der Waals surface area contributed by atoms with Crippen LogP contribution in [0.25, 0.3) is 0 Å². The van der Waals surface area contributed by atoms with E-state index < -0.39 is 0 Å². The molecule has 0 atom stereocenters. The monoisotopic (exact) mass is 226 g/mol. The number of hydrogen-bond acceptors (Lipinski definition) is 4. The number of amides is 1. The Morgan fingerprint density at radius 2 is 2.06 bits per heavy atom. The molecule has 0 radical (unpaired) electrons. The van der Waals surface area contributed by atoms with E-state index in [9.17, 15) is 4.79 Å². The molecule has 1 amide bonds. The fourth-order valence-corrected chi connectivity index (χ4v) is 1.90. The number of likely N-dealkylation sites (N-methyl/N-ethyl adjacent to an activating group) is 1. The van der Waals surface area contributed by atoms with Crippen molar-refractivity contribution < 1.29 is 14.3 Å². The summed E-state index contributed by atoms with van der Waals surface area (Å²) >= 11 is 0. The van der Waals surface area contributed by atoms with Crippen molar-refractivity contribution in [2.24, 2.45) is 0 Å². The molecule has 2 rings (SSSR count). The second-order valence-corrected chi connectivity index (χ2v) is 3.93. The predicted molar refractivity (Wildman–Crippen MR) is 58.7 cm³/mol. The summed E-state index contributed by atoms with van der Waals surface area (Å²) in [4.78, 5) is 16.1. The number of ether oxygens (including phenoxy) is 2. The Kier molecular flexibility index (Phi) is 3.66. The van der Waals surface area contributed by atoms with Crippen molar-refractivity contribution in [1.29, 1.82) is 0 Å². The molecule has 2 aliphatic rings. The smallest absolute Gasteiger partial charge is 0.292 e. The van der Waals surface area contributed by atoms with Gasteiger partial charge in [-0.1, -0.05) is 6.92 Å². The lowest BCUT2D eigenvalue weighted by Crippen LogP contribution is -2.49. The fourth-order valence-electron chi connectivity index (χ4n) is 1.90. The molecule has 0 aromatic carbocycles. The summed E-state index contributed by atoms with van der Waals surface area (Å²) in [5, 5.41) is 0.